The minimum atomic E-state index is -4.67. The summed E-state index contributed by atoms with van der Waals surface area (Å²) >= 11 is 1.48. The molecular weight excluding hydrogens is 507 g/mol. The van der Waals surface area contributed by atoms with Crippen molar-refractivity contribution >= 4 is 55.4 Å². The number of fused-ring (bicyclic) bond motifs is 2. The van der Waals surface area contributed by atoms with Gasteiger partial charge in [0.05, 0.1) is 33.5 Å². The van der Waals surface area contributed by atoms with Crippen molar-refractivity contribution in [2.45, 2.75) is 31.8 Å². The summed E-state index contributed by atoms with van der Waals surface area (Å²) in [7, 11) is 0. The van der Waals surface area contributed by atoms with Crippen LogP contribution in [0.15, 0.2) is 41.9 Å². The van der Waals surface area contributed by atoms with E-state index in [2.05, 4.69) is 20.4 Å². The Kier molecular flexibility index (Phi) is 5.89. The van der Waals surface area contributed by atoms with Gasteiger partial charge in [0.2, 0.25) is 0 Å². The maximum absolute atomic E-state index is 13.0. The van der Waals surface area contributed by atoms with Gasteiger partial charge in [0.15, 0.2) is 0 Å². The standard InChI is InChI=1S/C25H22F3N5O3S/c26-25(27,28)36-12-14-9-13(5-7-29-14)11-33-18-4-2-1-3-15(18)21(32-33)20-19(23(34)31-24(20)35)16-10-30-17-6-8-37-22(16)17/h1-4,6,8,10,13-14,29-30H,5,7,9,11-12H2,(H,31,34,35). The molecule has 37 heavy (non-hydrogen) atoms. The van der Waals surface area contributed by atoms with Gasteiger partial charge in [0, 0.05) is 29.7 Å². The van der Waals surface area contributed by atoms with Crippen LogP contribution in [0, 0.1) is 5.92 Å². The molecule has 5 heterocycles. The molecule has 0 spiro atoms. The number of ether oxygens (including phenoxy) is 1. The molecule has 2 unspecified atom stereocenters. The summed E-state index contributed by atoms with van der Waals surface area (Å²) in [5, 5.41) is 12.9. The Balaban J connectivity index is 1.37. The number of amides is 2. The van der Waals surface area contributed by atoms with E-state index in [9.17, 15) is 22.8 Å². The normalized spacial score (nSPS) is 20.9. The molecule has 6 rings (SSSR count). The zero-order chi connectivity index (χ0) is 25.7. The maximum Gasteiger partial charge on any atom is 0.522 e. The number of nitrogens with zero attached hydrogens (tertiary/aromatic N) is 2. The van der Waals surface area contributed by atoms with E-state index in [4.69, 9.17) is 5.10 Å². The van der Waals surface area contributed by atoms with Crippen LogP contribution in [0.2, 0.25) is 0 Å². The van der Waals surface area contributed by atoms with Crippen molar-refractivity contribution in [2.24, 2.45) is 5.92 Å². The lowest BCUT2D eigenvalue weighted by atomic mass is 9.92. The summed E-state index contributed by atoms with van der Waals surface area (Å²) in [5.74, 6) is -0.923. The first-order chi connectivity index (χ1) is 17.8. The van der Waals surface area contributed by atoms with E-state index in [1.165, 1.54) is 11.3 Å². The van der Waals surface area contributed by atoms with Crippen molar-refractivity contribution in [3.8, 4) is 0 Å². The van der Waals surface area contributed by atoms with Gasteiger partial charge >= 0.3 is 6.36 Å². The number of hydrogen-bond donors (Lipinski definition) is 3. The Morgan fingerprint density at radius 2 is 1.95 bits per heavy atom. The number of benzene rings is 1. The molecule has 2 aliphatic rings. The number of aromatic nitrogens is 3. The number of carbonyl (C=O) groups is 2. The molecule has 1 saturated heterocycles. The lowest BCUT2D eigenvalue weighted by Gasteiger charge is -2.30. The van der Waals surface area contributed by atoms with Gasteiger partial charge in [0.25, 0.3) is 11.8 Å². The third-order valence-electron chi connectivity index (χ3n) is 6.86. The van der Waals surface area contributed by atoms with Gasteiger partial charge in [-0.25, -0.2) is 0 Å². The lowest BCUT2D eigenvalue weighted by molar-refractivity contribution is -0.326. The third-order valence-corrected chi connectivity index (χ3v) is 7.81. The molecule has 3 N–H and O–H groups in total. The van der Waals surface area contributed by atoms with E-state index in [-0.39, 0.29) is 17.1 Å². The molecule has 2 amide bonds. The molecule has 4 aromatic rings. The molecule has 2 atom stereocenters. The molecule has 192 valence electrons. The average Bonchev–Trinajstić information content (AvgIpc) is 3.61. The fourth-order valence-electron chi connectivity index (χ4n) is 5.25. The summed E-state index contributed by atoms with van der Waals surface area (Å²) in [4.78, 5) is 29.1. The number of thiophene rings is 1. The van der Waals surface area contributed by atoms with Crippen molar-refractivity contribution < 1.29 is 27.5 Å². The van der Waals surface area contributed by atoms with Crippen molar-refractivity contribution in [2.75, 3.05) is 13.2 Å². The highest BCUT2D eigenvalue weighted by atomic mass is 32.1. The monoisotopic (exact) mass is 529 g/mol. The number of imide groups is 1. The molecule has 0 radical (unpaired) electrons. The first kappa shape index (κ1) is 23.9. The van der Waals surface area contributed by atoms with Crippen LogP contribution in [0.25, 0.3) is 32.3 Å². The Labute approximate surface area is 212 Å². The first-order valence-electron chi connectivity index (χ1n) is 11.8. The van der Waals surface area contributed by atoms with Gasteiger partial charge in [-0.05, 0) is 42.8 Å². The molecule has 8 nitrogen and oxygen atoms in total. The van der Waals surface area contributed by atoms with Gasteiger partial charge in [-0.3, -0.25) is 24.3 Å². The number of hydrogen-bond acceptors (Lipinski definition) is 6. The topological polar surface area (TPSA) is 101 Å². The molecular formula is C25H22F3N5O3S. The van der Waals surface area contributed by atoms with Crippen LogP contribution in [0.3, 0.4) is 0 Å². The molecule has 1 aromatic carbocycles. The molecule has 0 saturated carbocycles. The highest BCUT2D eigenvalue weighted by Gasteiger charge is 2.37. The number of H-pyrrole nitrogens is 1. The minimum Gasteiger partial charge on any atom is -0.360 e. The minimum absolute atomic E-state index is 0.0575. The number of piperidine rings is 1. The number of para-hydroxylation sites is 1. The Bertz CT molecular complexity index is 1550. The zero-order valence-electron chi connectivity index (χ0n) is 19.4. The van der Waals surface area contributed by atoms with Crippen LogP contribution < -0.4 is 10.6 Å². The van der Waals surface area contributed by atoms with Crippen molar-refractivity contribution in [1.82, 2.24) is 25.4 Å². The fourth-order valence-corrected chi connectivity index (χ4v) is 6.13. The van der Waals surface area contributed by atoms with Gasteiger partial charge < -0.3 is 10.3 Å². The average molecular weight is 530 g/mol. The number of halogens is 3. The smallest absolute Gasteiger partial charge is 0.360 e. The van der Waals surface area contributed by atoms with Crippen molar-refractivity contribution in [1.29, 1.82) is 0 Å². The molecule has 0 aliphatic carbocycles. The van der Waals surface area contributed by atoms with Crippen molar-refractivity contribution in [3.63, 3.8) is 0 Å². The fraction of sp³-hybridized carbons (Fsp3) is 0.320. The Hall–Kier alpha value is -3.48. The van der Waals surface area contributed by atoms with Crippen LogP contribution in [-0.4, -0.2) is 52.1 Å². The predicted octanol–water partition coefficient (Wildman–Crippen LogP) is 4.05. The molecule has 2 aliphatic heterocycles. The highest BCUT2D eigenvalue weighted by Crippen LogP contribution is 2.38. The van der Waals surface area contributed by atoms with Gasteiger partial charge in [0.1, 0.15) is 5.69 Å². The summed E-state index contributed by atoms with van der Waals surface area (Å²) in [5.41, 5.74) is 3.22. The van der Waals surface area contributed by atoms with Crippen LogP contribution in [0.5, 0.6) is 0 Å². The zero-order valence-corrected chi connectivity index (χ0v) is 20.2. The third kappa shape index (κ3) is 4.45. The van der Waals surface area contributed by atoms with Gasteiger partial charge in [-0.15, -0.1) is 24.5 Å². The number of rotatable bonds is 6. The van der Waals surface area contributed by atoms with Gasteiger partial charge in [-0.2, -0.15) is 5.10 Å². The highest BCUT2D eigenvalue weighted by molar-refractivity contribution is 7.17. The first-order valence-corrected chi connectivity index (χ1v) is 12.7. The van der Waals surface area contributed by atoms with E-state index < -0.39 is 30.8 Å². The molecule has 12 heteroatoms. The SMILES string of the molecule is O=C1NC(=O)C(c2c[nH]c3ccsc23)=C1c1nn(CC2CCNC(COC(F)(F)F)C2)c2ccccc12. The van der Waals surface area contributed by atoms with Crippen LogP contribution in [0.4, 0.5) is 13.2 Å². The molecule has 1 fully saturated rings. The molecule has 0 bridgehead atoms. The van der Waals surface area contributed by atoms with Gasteiger partial charge in [-0.1, -0.05) is 18.2 Å². The van der Waals surface area contributed by atoms with Crippen molar-refractivity contribution in [3.05, 3.63) is 53.2 Å². The van der Waals surface area contributed by atoms with E-state index >= 15 is 0 Å². The molecule has 3 aromatic heterocycles. The second-order valence-electron chi connectivity index (χ2n) is 9.25. The number of nitrogens with one attached hydrogen (secondary N) is 3. The Morgan fingerprint density at radius 3 is 2.78 bits per heavy atom. The second-order valence-corrected chi connectivity index (χ2v) is 10.2. The second kappa shape index (κ2) is 9.12. The predicted molar refractivity (Wildman–Crippen MR) is 132 cm³/mol. The summed E-state index contributed by atoms with van der Waals surface area (Å²) in [6.45, 7) is 0.582. The Morgan fingerprint density at radius 1 is 1.14 bits per heavy atom. The summed E-state index contributed by atoms with van der Waals surface area (Å²) < 4.78 is 44.2. The van der Waals surface area contributed by atoms with E-state index in [1.807, 2.05) is 35.7 Å². The summed E-state index contributed by atoms with van der Waals surface area (Å²) in [6, 6.07) is 8.94. The van der Waals surface area contributed by atoms with Crippen LogP contribution in [0.1, 0.15) is 24.1 Å². The van der Waals surface area contributed by atoms with E-state index in [0.29, 0.717) is 30.8 Å². The van der Waals surface area contributed by atoms with Crippen LogP contribution >= 0.6 is 11.3 Å². The lowest BCUT2D eigenvalue weighted by Crippen LogP contribution is -2.43. The van der Waals surface area contributed by atoms with E-state index in [0.717, 1.165) is 27.5 Å². The summed E-state index contributed by atoms with van der Waals surface area (Å²) in [6.07, 6.45) is -1.68. The number of aromatic amines is 1. The number of carbonyl (C=O) groups excluding carboxylic acids is 2. The largest absolute Gasteiger partial charge is 0.522 e. The van der Waals surface area contributed by atoms with Crippen LogP contribution in [-0.2, 0) is 20.9 Å². The quantitative estimate of drug-likeness (QED) is 0.327. The number of alkyl halides is 3. The maximum atomic E-state index is 13.0. The van der Waals surface area contributed by atoms with E-state index in [1.54, 1.807) is 10.9 Å².